The SMILES string of the molecule is Clc1cccc([C@@H]2CC(c3ccccc3)C[C@H](c3cccc(Cl)c3)O2)c1. The molecule has 1 saturated heterocycles. The lowest BCUT2D eigenvalue weighted by Gasteiger charge is -2.36. The van der Waals surface area contributed by atoms with E-state index in [0.717, 1.165) is 34.0 Å². The second-order valence-electron chi connectivity index (χ2n) is 6.80. The van der Waals surface area contributed by atoms with Crippen LogP contribution in [-0.4, -0.2) is 0 Å². The topological polar surface area (TPSA) is 9.23 Å². The van der Waals surface area contributed by atoms with E-state index in [9.17, 15) is 0 Å². The maximum atomic E-state index is 6.50. The highest BCUT2D eigenvalue weighted by molar-refractivity contribution is 6.30. The van der Waals surface area contributed by atoms with Crippen LogP contribution >= 0.6 is 23.2 Å². The molecule has 1 heterocycles. The first-order chi connectivity index (χ1) is 12.7. The Labute approximate surface area is 164 Å². The van der Waals surface area contributed by atoms with E-state index in [2.05, 4.69) is 42.5 Å². The van der Waals surface area contributed by atoms with E-state index in [1.165, 1.54) is 5.56 Å². The van der Waals surface area contributed by atoms with Gasteiger partial charge in [-0.3, -0.25) is 0 Å². The van der Waals surface area contributed by atoms with Crippen molar-refractivity contribution in [2.75, 3.05) is 0 Å². The molecule has 1 aliphatic heterocycles. The third-order valence-electron chi connectivity index (χ3n) is 5.04. The zero-order chi connectivity index (χ0) is 17.9. The molecule has 0 radical (unpaired) electrons. The zero-order valence-corrected chi connectivity index (χ0v) is 15.8. The summed E-state index contributed by atoms with van der Waals surface area (Å²) in [6.45, 7) is 0. The van der Waals surface area contributed by atoms with Gasteiger partial charge in [-0.15, -0.1) is 0 Å². The van der Waals surface area contributed by atoms with Crippen LogP contribution in [0.4, 0.5) is 0 Å². The molecule has 26 heavy (non-hydrogen) atoms. The van der Waals surface area contributed by atoms with Gasteiger partial charge in [-0.2, -0.15) is 0 Å². The van der Waals surface area contributed by atoms with E-state index in [-0.39, 0.29) is 12.2 Å². The Bertz CT molecular complexity index is 825. The van der Waals surface area contributed by atoms with Crippen molar-refractivity contribution in [3.63, 3.8) is 0 Å². The Morgan fingerprint density at radius 3 is 1.62 bits per heavy atom. The van der Waals surface area contributed by atoms with Crippen molar-refractivity contribution in [2.24, 2.45) is 0 Å². The fourth-order valence-corrected chi connectivity index (χ4v) is 4.16. The summed E-state index contributed by atoms with van der Waals surface area (Å²) < 4.78 is 6.50. The molecule has 132 valence electrons. The predicted octanol–water partition coefficient (Wildman–Crippen LogP) is 7.37. The number of benzene rings is 3. The second-order valence-corrected chi connectivity index (χ2v) is 7.68. The standard InChI is InChI=1S/C23H20Cl2O/c24-20-10-4-8-17(12-20)22-14-19(16-6-2-1-3-7-16)15-23(26-22)18-9-5-11-21(25)13-18/h1-13,19,22-23H,14-15H2/t19?,22-,23+. The average Bonchev–Trinajstić information content (AvgIpc) is 2.68. The average molecular weight is 383 g/mol. The van der Waals surface area contributed by atoms with Crippen molar-refractivity contribution in [3.05, 3.63) is 106 Å². The van der Waals surface area contributed by atoms with E-state index >= 15 is 0 Å². The smallest absolute Gasteiger partial charge is 0.0839 e. The quantitative estimate of drug-likeness (QED) is 0.459. The summed E-state index contributed by atoms with van der Waals surface area (Å²) in [6, 6.07) is 26.7. The molecule has 0 N–H and O–H groups in total. The molecule has 1 fully saturated rings. The fourth-order valence-electron chi connectivity index (χ4n) is 3.76. The Morgan fingerprint density at radius 1 is 0.615 bits per heavy atom. The Hall–Kier alpha value is -1.80. The van der Waals surface area contributed by atoms with Crippen LogP contribution in [0.5, 0.6) is 0 Å². The molecule has 1 nitrogen and oxygen atoms in total. The fraction of sp³-hybridized carbons (Fsp3) is 0.217. The zero-order valence-electron chi connectivity index (χ0n) is 14.3. The molecular weight excluding hydrogens is 363 g/mol. The molecule has 0 bridgehead atoms. The summed E-state index contributed by atoms with van der Waals surface area (Å²) >= 11 is 12.4. The molecule has 0 amide bonds. The lowest BCUT2D eigenvalue weighted by molar-refractivity contribution is -0.0619. The molecule has 0 spiro atoms. The minimum Gasteiger partial charge on any atom is -0.366 e. The van der Waals surface area contributed by atoms with Gasteiger partial charge < -0.3 is 4.74 Å². The Balaban J connectivity index is 1.68. The Morgan fingerprint density at radius 2 is 1.12 bits per heavy atom. The Kier molecular flexibility index (Phi) is 5.31. The third-order valence-corrected chi connectivity index (χ3v) is 5.51. The first-order valence-electron chi connectivity index (χ1n) is 8.90. The molecule has 3 aromatic carbocycles. The van der Waals surface area contributed by atoms with Crippen molar-refractivity contribution in [1.82, 2.24) is 0 Å². The van der Waals surface area contributed by atoms with E-state index in [4.69, 9.17) is 27.9 Å². The van der Waals surface area contributed by atoms with Gasteiger partial charge in [-0.1, -0.05) is 77.8 Å². The van der Waals surface area contributed by atoms with Gasteiger partial charge in [-0.05, 0) is 59.7 Å². The first kappa shape index (κ1) is 17.6. The van der Waals surface area contributed by atoms with Crippen LogP contribution < -0.4 is 0 Å². The van der Waals surface area contributed by atoms with E-state index < -0.39 is 0 Å². The van der Waals surface area contributed by atoms with Crippen molar-refractivity contribution in [1.29, 1.82) is 0 Å². The number of halogens is 2. The third kappa shape index (κ3) is 3.96. The van der Waals surface area contributed by atoms with E-state index in [1.54, 1.807) is 0 Å². The molecule has 1 aliphatic rings. The van der Waals surface area contributed by atoms with Crippen molar-refractivity contribution >= 4 is 23.2 Å². The second kappa shape index (κ2) is 7.84. The molecule has 0 saturated carbocycles. The summed E-state index contributed by atoms with van der Waals surface area (Å²) in [4.78, 5) is 0. The molecular formula is C23H20Cl2O. The normalized spacial score (nSPS) is 22.9. The van der Waals surface area contributed by atoms with Crippen LogP contribution in [-0.2, 0) is 4.74 Å². The molecule has 3 aromatic rings. The van der Waals surface area contributed by atoms with Gasteiger partial charge in [0.2, 0.25) is 0 Å². The summed E-state index contributed by atoms with van der Waals surface area (Å²) in [6.07, 6.45) is 1.91. The van der Waals surface area contributed by atoms with Gasteiger partial charge >= 0.3 is 0 Å². The van der Waals surface area contributed by atoms with Crippen LogP contribution in [0.2, 0.25) is 10.0 Å². The maximum Gasteiger partial charge on any atom is 0.0839 e. The van der Waals surface area contributed by atoms with Crippen LogP contribution in [0.15, 0.2) is 78.9 Å². The predicted molar refractivity (Wildman–Crippen MR) is 108 cm³/mol. The lowest BCUT2D eigenvalue weighted by Crippen LogP contribution is -2.22. The molecule has 3 heteroatoms. The van der Waals surface area contributed by atoms with Crippen LogP contribution in [0.1, 0.15) is 47.7 Å². The van der Waals surface area contributed by atoms with E-state index in [0.29, 0.717) is 5.92 Å². The number of hydrogen-bond acceptors (Lipinski definition) is 1. The molecule has 3 atom stereocenters. The van der Waals surface area contributed by atoms with Gasteiger partial charge in [0.05, 0.1) is 12.2 Å². The summed E-state index contributed by atoms with van der Waals surface area (Å²) in [5, 5.41) is 1.49. The maximum absolute atomic E-state index is 6.50. The van der Waals surface area contributed by atoms with Crippen molar-refractivity contribution in [2.45, 2.75) is 31.0 Å². The highest BCUT2D eigenvalue weighted by Gasteiger charge is 2.32. The van der Waals surface area contributed by atoms with Gasteiger partial charge in [0.1, 0.15) is 0 Å². The molecule has 0 aliphatic carbocycles. The summed E-state index contributed by atoms with van der Waals surface area (Å²) in [5.74, 6) is 0.429. The minimum absolute atomic E-state index is 0.0108. The molecule has 4 rings (SSSR count). The number of rotatable bonds is 3. The molecule has 0 aromatic heterocycles. The van der Waals surface area contributed by atoms with Crippen LogP contribution in [0.3, 0.4) is 0 Å². The first-order valence-corrected chi connectivity index (χ1v) is 9.66. The summed E-state index contributed by atoms with van der Waals surface area (Å²) in [7, 11) is 0. The van der Waals surface area contributed by atoms with Crippen LogP contribution in [0.25, 0.3) is 0 Å². The highest BCUT2D eigenvalue weighted by atomic mass is 35.5. The van der Waals surface area contributed by atoms with Gasteiger partial charge in [0.25, 0.3) is 0 Å². The van der Waals surface area contributed by atoms with Gasteiger partial charge in [0, 0.05) is 10.0 Å². The highest BCUT2D eigenvalue weighted by Crippen LogP contribution is 2.46. The van der Waals surface area contributed by atoms with Crippen molar-refractivity contribution in [3.8, 4) is 0 Å². The largest absolute Gasteiger partial charge is 0.366 e. The van der Waals surface area contributed by atoms with Crippen molar-refractivity contribution < 1.29 is 4.74 Å². The lowest BCUT2D eigenvalue weighted by atomic mass is 9.82. The van der Waals surface area contributed by atoms with E-state index in [1.807, 2.05) is 36.4 Å². The van der Waals surface area contributed by atoms with Crippen LogP contribution in [0, 0.1) is 0 Å². The minimum atomic E-state index is 0.0108. The molecule has 1 unspecified atom stereocenters. The summed E-state index contributed by atoms with van der Waals surface area (Å²) in [5.41, 5.74) is 3.62. The number of hydrogen-bond donors (Lipinski definition) is 0. The van der Waals surface area contributed by atoms with Gasteiger partial charge in [0.15, 0.2) is 0 Å². The van der Waals surface area contributed by atoms with Gasteiger partial charge in [-0.25, -0.2) is 0 Å². The monoisotopic (exact) mass is 382 g/mol. The number of ether oxygens (including phenoxy) is 1.